The van der Waals surface area contributed by atoms with E-state index >= 15 is 0 Å². The number of rotatable bonds is 30. The van der Waals surface area contributed by atoms with Gasteiger partial charge in [-0.15, -0.1) is 0 Å². The number of unbranched alkanes of at least 4 members (excludes halogenated alkanes) is 1. The van der Waals surface area contributed by atoms with Gasteiger partial charge in [-0.25, -0.2) is 19.4 Å². The average Bonchev–Trinajstić information content (AvgIpc) is 3.96. The Labute approximate surface area is 488 Å². The molecular formula is C53H92N14O15S. The predicted octanol–water partition coefficient (Wildman–Crippen LogP) is -0.376. The normalized spacial score (nSPS) is 13.6. The number of carboxylic acids is 5. The quantitative estimate of drug-likeness (QED) is 0.0101. The summed E-state index contributed by atoms with van der Waals surface area (Å²) in [4.78, 5) is 93.3. The van der Waals surface area contributed by atoms with Crippen molar-refractivity contribution in [3.05, 3.63) is 83.9 Å². The molecular weight excluding hydrogens is 1100 g/mol. The number of H-pyrrole nitrogens is 1. The number of imidazole rings is 1. The van der Waals surface area contributed by atoms with Crippen LogP contribution in [-0.2, 0) is 62.4 Å². The number of ether oxygens (including phenoxy) is 2. The molecule has 1 aromatic heterocycles. The zero-order chi connectivity index (χ0) is 64.2. The number of nitrogens with one attached hydrogen (secondary N) is 3. The number of carbonyl (C=O) groups excluding carboxylic acids is 3. The van der Waals surface area contributed by atoms with Crippen molar-refractivity contribution in [3.63, 3.8) is 0 Å². The van der Waals surface area contributed by atoms with E-state index in [9.17, 15) is 38.4 Å². The number of nitrogens with two attached hydrogens (primary N) is 10. The smallest absolute Gasteiger partial charge is 0.330 e. The van der Waals surface area contributed by atoms with Gasteiger partial charge in [-0.1, -0.05) is 83.0 Å². The molecule has 0 aliphatic rings. The van der Waals surface area contributed by atoms with E-state index < -0.39 is 96.1 Å². The van der Waals surface area contributed by atoms with Crippen molar-refractivity contribution in [1.29, 1.82) is 5.41 Å². The first-order valence-electron chi connectivity index (χ1n) is 26.4. The molecule has 30 heteroatoms. The van der Waals surface area contributed by atoms with E-state index in [1.54, 1.807) is 42.2 Å². The Morgan fingerprint density at radius 1 is 0.627 bits per heavy atom. The number of aliphatic carboxylic acids is 5. The van der Waals surface area contributed by atoms with E-state index in [0.717, 1.165) is 36.1 Å². The Bertz CT molecular complexity index is 2310. The molecule has 2 aromatic carbocycles. The second-order valence-electron chi connectivity index (χ2n) is 19.0. The van der Waals surface area contributed by atoms with E-state index in [-0.39, 0.29) is 24.7 Å². The summed E-state index contributed by atoms with van der Waals surface area (Å²) in [6.45, 7) is 8.74. The van der Waals surface area contributed by atoms with Gasteiger partial charge in [0.2, 0.25) is 0 Å². The fraction of sp³-hybridized carbons (Fsp3) is 0.547. The summed E-state index contributed by atoms with van der Waals surface area (Å²) in [6.07, 6.45) is 10.9. The van der Waals surface area contributed by atoms with Crippen LogP contribution in [0, 0.1) is 17.2 Å². The number of carboxylic acid groups (broad SMARTS) is 5. The van der Waals surface area contributed by atoms with Gasteiger partial charge < -0.3 is 103 Å². The second-order valence-corrected chi connectivity index (χ2v) is 20.0. The highest BCUT2D eigenvalue weighted by atomic mass is 32.2. The lowest BCUT2D eigenvalue weighted by atomic mass is 10.0. The SMILES string of the molecule is CC(C)C[C@H](N)C(=O)O.CC[C@H](C)[C@H](N)C(=O)O.CSCC[C@H](N)C(=O)OC(=O)[C@@H](N)Cc1ccccc1.N=C(N)NCCC[C@H](N)C(=O)O.NCCCC[C@H](N)C(=O)O.N[C@@H](Cc1ccc(OC(=O)[C@@H](N)Cc2c[nH]cn2)cc1)C(=O)O. The first-order valence-corrected chi connectivity index (χ1v) is 27.8. The lowest BCUT2D eigenvalue weighted by Gasteiger charge is -2.13. The zero-order valence-electron chi connectivity index (χ0n) is 48.0. The Kier molecular flexibility index (Phi) is 45.7. The van der Waals surface area contributed by atoms with Crippen LogP contribution in [-0.4, -0.2) is 163 Å². The lowest BCUT2D eigenvalue weighted by molar-refractivity contribution is -0.161. The van der Waals surface area contributed by atoms with Gasteiger partial charge in [0.05, 0.1) is 12.0 Å². The molecule has 3 rings (SSSR count). The number of aromatic nitrogens is 2. The second kappa shape index (κ2) is 47.4. The number of benzene rings is 2. The monoisotopic (exact) mass is 1200 g/mol. The summed E-state index contributed by atoms with van der Waals surface area (Å²) in [6, 6.07) is 9.41. The van der Waals surface area contributed by atoms with Crippen LogP contribution in [0.5, 0.6) is 5.75 Å². The molecule has 83 heavy (non-hydrogen) atoms. The molecule has 0 saturated carbocycles. The molecule has 0 amide bonds. The highest BCUT2D eigenvalue weighted by molar-refractivity contribution is 7.98. The minimum Gasteiger partial charge on any atom is -0.480 e. The van der Waals surface area contributed by atoms with Gasteiger partial charge in [0.15, 0.2) is 5.96 Å². The summed E-state index contributed by atoms with van der Waals surface area (Å²) in [5.41, 5.74) is 56.0. The van der Waals surface area contributed by atoms with Gasteiger partial charge in [-0.05, 0) is 105 Å². The van der Waals surface area contributed by atoms with Gasteiger partial charge in [0.1, 0.15) is 54.1 Å². The lowest BCUT2D eigenvalue weighted by Crippen LogP contribution is -2.40. The van der Waals surface area contributed by atoms with E-state index in [1.165, 1.54) is 6.33 Å². The van der Waals surface area contributed by atoms with E-state index in [2.05, 4.69) is 15.3 Å². The van der Waals surface area contributed by atoms with Crippen molar-refractivity contribution in [2.75, 3.05) is 25.1 Å². The summed E-state index contributed by atoms with van der Waals surface area (Å²) >= 11 is 1.58. The number of esters is 3. The highest BCUT2D eigenvalue weighted by Gasteiger charge is 2.24. The molecule has 0 radical (unpaired) electrons. The van der Waals surface area contributed by atoms with Gasteiger partial charge in [0, 0.05) is 19.2 Å². The van der Waals surface area contributed by atoms with Crippen LogP contribution in [0.1, 0.15) is 95.9 Å². The fourth-order valence-corrected chi connectivity index (χ4v) is 6.40. The molecule has 28 N–H and O–H groups in total. The summed E-state index contributed by atoms with van der Waals surface area (Å²) in [5, 5.41) is 51.5. The molecule has 29 nitrogen and oxygen atoms in total. The third-order valence-electron chi connectivity index (χ3n) is 11.1. The Hall–Kier alpha value is -7.13. The van der Waals surface area contributed by atoms with Crippen molar-refractivity contribution in [3.8, 4) is 5.75 Å². The molecule has 0 fully saturated rings. The molecule has 1 heterocycles. The molecule has 0 aliphatic heterocycles. The number of hydrogen-bond donors (Lipinski definition) is 18. The maximum absolute atomic E-state index is 11.9. The molecule has 0 aliphatic carbocycles. The Morgan fingerprint density at radius 2 is 1.12 bits per heavy atom. The first-order chi connectivity index (χ1) is 38.8. The average molecular weight is 1200 g/mol. The summed E-state index contributed by atoms with van der Waals surface area (Å²) in [7, 11) is 0. The van der Waals surface area contributed by atoms with Crippen LogP contribution < -0.4 is 67.4 Å². The molecule has 0 unspecified atom stereocenters. The molecule has 9 atom stereocenters. The standard InChI is InChI=1S/C15H18N4O4.C14H20N2O3S.C6H14N4O2.C6H14N2O2.2C6H13NO2/c16-12(14(20)21)5-9-1-3-11(4-2-9)23-15(22)13(17)6-10-7-18-8-19-10;1-20-8-7-11(15)13(17)19-14(18)12(16)9-10-5-3-2-4-6-10;7-4(5(11)12)2-1-3-10-6(8)9;7-4-2-1-3-5(8)6(9)10;1-4(2)3-5(7)6(8)9;1-3-4(2)5(7)6(8)9/h1-4,7-8,12-13H,5-6,16-17H2,(H,18,19)(H,20,21);2-6,11-12H,7-9,15-16H2,1H3;4H,1-3,7H2,(H,11,12)(H4,8,9,10);5H,1-4,7-8H2,(H,9,10);2*4-5H,3,7H2,1-2H3,(H,8,9)/t12-,13-;11-,12-;4-;2*5-;4-,5-/m000000/s1. The zero-order valence-corrected chi connectivity index (χ0v) is 48.8. The van der Waals surface area contributed by atoms with Crippen LogP contribution in [0.3, 0.4) is 0 Å². The molecule has 0 saturated heterocycles. The third kappa shape index (κ3) is 43.3. The van der Waals surface area contributed by atoms with Gasteiger partial charge >= 0.3 is 47.8 Å². The Morgan fingerprint density at radius 3 is 1.54 bits per heavy atom. The molecule has 470 valence electrons. The van der Waals surface area contributed by atoms with E-state index in [0.29, 0.717) is 69.0 Å². The van der Waals surface area contributed by atoms with Crippen LogP contribution in [0.2, 0.25) is 0 Å². The third-order valence-corrected chi connectivity index (χ3v) is 11.8. The van der Waals surface area contributed by atoms with E-state index in [4.69, 9.17) is 97.8 Å². The van der Waals surface area contributed by atoms with Crippen molar-refractivity contribution in [1.82, 2.24) is 15.3 Å². The van der Waals surface area contributed by atoms with Crippen molar-refractivity contribution < 1.29 is 73.4 Å². The number of nitrogens with zero attached hydrogens (tertiary/aromatic N) is 1. The van der Waals surface area contributed by atoms with Crippen molar-refractivity contribution in [2.24, 2.45) is 69.2 Å². The number of hydrogen-bond acceptors (Lipinski definition) is 22. The minimum absolute atomic E-state index is 0.0718. The topological polar surface area (TPSA) is 581 Å². The number of thioether (sulfide) groups is 1. The fourth-order valence-electron chi connectivity index (χ4n) is 5.91. The predicted molar refractivity (Wildman–Crippen MR) is 315 cm³/mol. The maximum atomic E-state index is 11.9. The van der Waals surface area contributed by atoms with Gasteiger partial charge in [-0.2, -0.15) is 11.8 Å². The van der Waals surface area contributed by atoms with Crippen LogP contribution in [0.15, 0.2) is 67.1 Å². The van der Waals surface area contributed by atoms with Crippen molar-refractivity contribution >= 4 is 65.5 Å². The van der Waals surface area contributed by atoms with Gasteiger partial charge in [-0.3, -0.25) is 29.4 Å². The van der Waals surface area contributed by atoms with Crippen LogP contribution in [0.25, 0.3) is 0 Å². The number of carbonyl (C=O) groups is 8. The van der Waals surface area contributed by atoms with Crippen molar-refractivity contribution in [2.45, 2.75) is 147 Å². The van der Waals surface area contributed by atoms with Crippen LogP contribution >= 0.6 is 11.8 Å². The molecule has 3 aromatic rings. The van der Waals surface area contributed by atoms with Crippen LogP contribution in [0.4, 0.5) is 0 Å². The summed E-state index contributed by atoms with van der Waals surface area (Å²) < 4.78 is 9.89. The minimum atomic E-state index is -1.06. The van der Waals surface area contributed by atoms with Gasteiger partial charge in [0.25, 0.3) is 0 Å². The maximum Gasteiger partial charge on any atom is 0.330 e. The highest BCUT2D eigenvalue weighted by Crippen LogP contribution is 2.15. The number of guanidine groups is 1. The first kappa shape index (κ1) is 80.1. The summed E-state index contributed by atoms with van der Waals surface area (Å²) in [5.74, 6) is -5.46. The number of aromatic amines is 1. The van der Waals surface area contributed by atoms with E-state index in [1.807, 2.05) is 64.3 Å². The Balaban J connectivity index is -0.000000970. The molecule has 0 bridgehead atoms. The largest absolute Gasteiger partial charge is 0.480 e. The molecule has 0 spiro atoms.